The zero-order chi connectivity index (χ0) is 20.1. The lowest BCUT2D eigenvalue weighted by atomic mass is 10.1. The number of Topliss-reactive ketones (excluding diaryl/α,β-unsaturated/α-hetero) is 1. The number of aryl methyl sites for hydroxylation is 1. The number of ether oxygens (including phenoxy) is 2. The van der Waals surface area contributed by atoms with E-state index in [1.807, 2.05) is 25.3 Å². The minimum Gasteiger partial charge on any atom is -0.457 e. The van der Waals surface area contributed by atoms with E-state index in [1.54, 1.807) is 13.2 Å². The molecule has 2 rings (SSSR count). The largest absolute Gasteiger partial charge is 0.457 e. The number of carbonyl (C=O) groups is 2. The Bertz CT molecular complexity index is 826. The molecule has 1 unspecified atom stereocenters. The van der Waals surface area contributed by atoms with Gasteiger partial charge in [-0.15, -0.1) is 0 Å². The van der Waals surface area contributed by atoms with E-state index in [9.17, 15) is 14.0 Å². The number of benzene rings is 1. The van der Waals surface area contributed by atoms with Crippen molar-refractivity contribution < 1.29 is 23.5 Å². The van der Waals surface area contributed by atoms with Crippen molar-refractivity contribution in [1.29, 1.82) is 0 Å². The van der Waals surface area contributed by atoms with Crippen LogP contribution in [0.25, 0.3) is 0 Å². The molecule has 1 aromatic heterocycles. The highest BCUT2D eigenvalue weighted by Gasteiger charge is 2.20. The van der Waals surface area contributed by atoms with E-state index in [-0.39, 0.29) is 28.8 Å². The van der Waals surface area contributed by atoms with E-state index in [0.29, 0.717) is 12.2 Å². The lowest BCUT2D eigenvalue weighted by molar-refractivity contribution is -0.141. The number of carbonyl (C=O) groups excluding carboxylic acids is 2. The molecule has 0 saturated heterocycles. The third-order valence-corrected chi connectivity index (χ3v) is 4.73. The summed E-state index contributed by atoms with van der Waals surface area (Å²) in [5.74, 6) is -1.61. The minimum atomic E-state index is -0.711. The first kappa shape index (κ1) is 21.1. The summed E-state index contributed by atoms with van der Waals surface area (Å²) in [6, 6.07) is 6.01. The number of rotatable bonds is 8. The van der Waals surface area contributed by atoms with Crippen molar-refractivity contribution in [3.63, 3.8) is 0 Å². The zero-order valence-electron chi connectivity index (χ0n) is 15.8. The summed E-state index contributed by atoms with van der Waals surface area (Å²) in [6.45, 7) is 5.85. The third-order valence-electron chi connectivity index (χ3n) is 4.38. The van der Waals surface area contributed by atoms with Gasteiger partial charge in [-0.05, 0) is 39.0 Å². The van der Waals surface area contributed by atoms with Gasteiger partial charge in [0.15, 0.2) is 6.61 Å². The second-order valence-corrected chi connectivity index (χ2v) is 6.83. The first-order valence-electron chi connectivity index (χ1n) is 8.55. The molecule has 0 bridgehead atoms. The Morgan fingerprint density at radius 2 is 2.00 bits per heavy atom. The van der Waals surface area contributed by atoms with Gasteiger partial charge < -0.3 is 14.0 Å². The van der Waals surface area contributed by atoms with Gasteiger partial charge in [0.05, 0.1) is 19.1 Å². The van der Waals surface area contributed by atoms with Crippen molar-refractivity contribution >= 4 is 23.4 Å². The maximum atomic E-state index is 13.7. The summed E-state index contributed by atoms with van der Waals surface area (Å²) >= 11 is 5.90. The second kappa shape index (κ2) is 9.15. The first-order chi connectivity index (χ1) is 12.8. The number of methoxy groups -OCH3 is 1. The van der Waals surface area contributed by atoms with Gasteiger partial charge in [0.25, 0.3) is 0 Å². The van der Waals surface area contributed by atoms with Crippen LogP contribution in [0.2, 0.25) is 5.02 Å². The average Bonchev–Trinajstić information content (AvgIpc) is 2.91. The zero-order valence-corrected chi connectivity index (χ0v) is 16.6. The summed E-state index contributed by atoms with van der Waals surface area (Å²) in [7, 11) is 1.62. The van der Waals surface area contributed by atoms with Gasteiger partial charge in [-0.25, -0.2) is 4.39 Å². The van der Waals surface area contributed by atoms with Crippen molar-refractivity contribution in [2.75, 3.05) is 20.3 Å². The number of ketones is 1. The lowest BCUT2D eigenvalue weighted by Crippen LogP contribution is -2.18. The predicted molar refractivity (Wildman–Crippen MR) is 101 cm³/mol. The van der Waals surface area contributed by atoms with Gasteiger partial charge in [0.2, 0.25) is 5.78 Å². The fraction of sp³-hybridized carbons (Fsp3) is 0.400. The molecule has 27 heavy (non-hydrogen) atoms. The fourth-order valence-electron chi connectivity index (χ4n) is 3.17. The summed E-state index contributed by atoms with van der Waals surface area (Å²) in [5, 5.41) is 0.147. The molecule has 0 aliphatic rings. The van der Waals surface area contributed by atoms with Gasteiger partial charge >= 0.3 is 5.97 Å². The number of aromatic nitrogens is 1. The topological polar surface area (TPSA) is 57.5 Å². The molecular weight excluding hydrogens is 373 g/mol. The SMILES string of the molecule is COCC(C)n1c(C)cc(C(=O)COC(=O)Cc2c(F)cccc2Cl)c1C. The molecule has 0 fully saturated rings. The Morgan fingerprint density at radius 1 is 1.30 bits per heavy atom. The number of halogens is 2. The second-order valence-electron chi connectivity index (χ2n) is 6.42. The minimum absolute atomic E-state index is 0.0585. The van der Waals surface area contributed by atoms with Gasteiger partial charge in [-0.1, -0.05) is 17.7 Å². The van der Waals surface area contributed by atoms with Crippen LogP contribution < -0.4 is 0 Å². The summed E-state index contributed by atoms with van der Waals surface area (Å²) in [5.41, 5.74) is 2.26. The van der Waals surface area contributed by atoms with Crippen LogP contribution in [0.3, 0.4) is 0 Å². The molecule has 7 heteroatoms. The molecule has 1 aromatic carbocycles. The molecule has 0 spiro atoms. The molecule has 5 nitrogen and oxygen atoms in total. The van der Waals surface area contributed by atoms with Crippen molar-refractivity contribution in [3.05, 3.63) is 57.6 Å². The number of esters is 1. The number of nitrogens with zero attached hydrogens (tertiary/aromatic N) is 1. The van der Waals surface area contributed by atoms with Crippen molar-refractivity contribution in [1.82, 2.24) is 4.57 Å². The molecular formula is C20H23ClFNO4. The van der Waals surface area contributed by atoms with Crippen LogP contribution in [-0.2, 0) is 20.7 Å². The van der Waals surface area contributed by atoms with Crippen molar-refractivity contribution in [3.8, 4) is 0 Å². The monoisotopic (exact) mass is 395 g/mol. The molecule has 1 atom stereocenters. The molecule has 146 valence electrons. The summed E-state index contributed by atoms with van der Waals surface area (Å²) < 4.78 is 26.0. The molecule has 0 saturated carbocycles. The highest BCUT2D eigenvalue weighted by molar-refractivity contribution is 6.31. The highest BCUT2D eigenvalue weighted by atomic mass is 35.5. The van der Waals surface area contributed by atoms with Gasteiger partial charge in [-0.2, -0.15) is 0 Å². The summed E-state index contributed by atoms with van der Waals surface area (Å²) in [4.78, 5) is 24.5. The molecule has 0 aliphatic carbocycles. The van der Waals surface area contributed by atoms with E-state index in [0.717, 1.165) is 11.4 Å². The Hall–Kier alpha value is -2.18. The van der Waals surface area contributed by atoms with E-state index < -0.39 is 18.4 Å². The van der Waals surface area contributed by atoms with Crippen LogP contribution in [0.15, 0.2) is 24.3 Å². The molecule has 2 aromatic rings. The van der Waals surface area contributed by atoms with Crippen LogP contribution in [0.5, 0.6) is 0 Å². The average molecular weight is 396 g/mol. The Labute approximate surface area is 163 Å². The quantitative estimate of drug-likeness (QED) is 0.499. The Kier molecular flexibility index (Phi) is 7.16. The normalized spacial score (nSPS) is 12.1. The van der Waals surface area contributed by atoms with Crippen LogP contribution >= 0.6 is 11.6 Å². The van der Waals surface area contributed by atoms with Crippen molar-refractivity contribution in [2.24, 2.45) is 0 Å². The maximum Gasteiger partial charge on any atom is 0.310 e. The van der Waals surface area contributed by atoms with Crippen LogP contribution in [-0.4, -0.2) is 36.6 Å². The Balaban J connectivity index is 2.04. The van der Waals surface area contributed by atoms with Crippen LogP contribution in [0, 0.1) is 19.7 Å². The lowest BCUT2D eigenvalue weighted by Gasteiger charge is -2.17. The van der Waals surface area contributed by atoms with Gasteiger partial charge in [-0.3, -0.25) is 9.59 Å². The Morgan fingerprint density at radius 3 is 2.63 bits per heavy atom. The maximum absolute atomic E-state index is 13.7. The highest BCUT2D eigenvalue weighted by Crippen LogP contribution is 2.22. The van der Waals surface area contributed by atoms with Crippen molar-refractivity contribution in [2.45, 2.75) is 33.2 Å². The predicted octanol–water partition coefficient (Wildman–Crippen LogP) is 4.07. The van der Waals surface area contributed by atoms with Gasteiger partial charge in [0.1, 0.15) is 5.82 Å². The molecule has 0 aliphatic heterocycles. The fourth-order valence-corrected chi connectivity index (χ4v) is 3.40. The molecule has 0 amide bonds. The smallest absolute Gasteiger partial charge is 0.310 e. The standard InChI is InChI=1S/C20H23ClFNO4/c1-12-8-15(14(3)23(12)13(2)10-26-4)19(24)11-27-20(25)9-16-17(21)6-5-7-18(16)22/h5-8,13H,9-11H2,1-4H3. The van der Waals surface area contributed by atoms with E-state index >= 15 is 0 Å². The molecule has 0 N–H and O–H groups in total. The van der Waals surface area contributed by atoms with Crippen LogP contribution in [0.1, 0.15) is 40.3 Å². The first-order valence-corrected chi connectivity index (χ1v) is 8.93. The number of hydrogen-bond donors (Lipinski definition) is 0. The molecule has 0 radical (unpaired) electrons. The molecule has 1 heterocycles. The summed E-state index contributed by atoms with van der Waals surface area (Å²) in [6.07, 6.45) is -0.331. The number of hydrogen-bond acceptors (Lipinski definition) is 4. The van der Waals surface area contributed by atoms with Crippen LogP contribution in [0.4, 0.5) is 4.39 Å². The van der Waals surface area contributed by atoms with Gasteiger partial charge in [0, 0.05) is 34.6 Å². The third kappa shape index (κ3) is 4.96. The van der Waals surface area contributed by atoms with E-state index in [1.165, 1.54) is 18.2 Å². The van der Waals surface area contributed by atoms with E-state index in [4.69, 9.17) is 21.1 Å². The van der Waals surface area contributed by atoms with E-state index in [2.05, 4.69) is 0 Å².